The molecule has 0 aliphatic carbocycles. The lowest BCUT2D eigenvalue weighted by Crippen LogP contribution is -2.25. The summed E-state index contributed by atoms with van der Waals surface area (Å²) in [5.41, 5.74) is 2.01. The summed E-state index contributed by atoms with van der Waals surface area (Å²) in [5, 5.41) is 0. The number of hydrogen-bond acceptors (Lipinski definition) is 3. The summed E-state index contributed by atoms with van der Waals surface area (Å²) in [6.45, 7) is 2.65. The number of halogens is 1. The van der Waals surface area contributed by atoms with Crippen molar-refractivity contribution in [3.8, 4) is 0 Å². The number of ether oxygens (including phenoxy) is 1. The first-order chi connectivity index (χ1) is 9.91. The minimum atomic E-state index is -0.389. The van der Waals surface area contributed by atoms with Crippen LogP contribution in [0.25, 0.3) is 11.0 Å². The number of aromatic nitrogens is 2. The van der Waals surface area contributed by atoms with Gasteiger partial charge >= 0.3 is 5.69 Å². The van der Waals surface area contributed by atoms with Crippen LogP contribution in [-0.4, -0.2) is 27.6 Å². The van der Waals surface area contributed by atoms with Crippen molar-refractivity contribution < 1.29 is 9.53 Å². The van der Waals surface area contributed by atoms with Gasteiger partial charge in [0.05, 0.1) is 11.0 Å². The molecule has 0 bridgehead atoms. The van der Waals surface area contributed by atoms with E-state index in [0.29, 0.717) is 16.6 Å². The number of carbonyl (C=O) groups excluding carboxylic acids is 1. The molecule has 5 nitrogen and oxygen atoms in total. The highest BCUT2D eigenvalue weighted by Gasteiger charge is 2.32. The van der Waals surface area contributed by atoms with Crippen LogP contribution in [0.5, 0.6) is 0 Å². The lowest BCUT2D eigenvalue weighted by Gasteiger charge is -2.14. The van der Waals surface area contributed by atoms with Gasteiger partial charge in [-0.05, 0) is 40.4 Å². The van der Waals surface area contributed by atoms with Crippen LogP contribution < -0.4 is 5.69 Å². The second kappa shape index (κ2) is 5.10. The van der Waals surface area contributed by atoms with E-state index in [9.17, 15) is 9.59 Å². The first-order valence-electron chi connectivity index (χ1n) is 6.92. The predicted octanol–water partition coefficient (Wildman–Crippen LogP) is 2.25. The summed E-state index contributed by atoms with van der Waals surface area (Å²) < 4.78 is 9.39. The van der Waals surface area contributed by atoms with Gasteiger partial charge in [0.1, 0.15) is 6.10 Å². The minimum Gasteiger partial charge on any atom is -0.370 e. The fourth-order valence-electron chi connectivity index (χ4n) is 2.89. The first kappa shape index (κ1) is 14.5. The highest BCUT2D eigenvalue weighted by molar-refractivity contribution is 9.10. The zero-order chi connectivity index (χ0) is 15.3. The van der Waals surface area contributed by atoms with Gasteiger partial charge in [0.2, 0.25) is 0 Å². The van der Waals surface area contributed by atoms with Gasteiger partial charge in [-0.25, -0.2) is 4.79 Å². The van der Waals surface area contributed by atoms with Crippen LogP contribution in [-0.2, 0) is 18.8 Å². The van der Waals surface area contributed by atoms with E-state index in [-0.39, 0.29) is 23.5 Å². The normalized spacial score (nSPS) is 22.1. The number of aryl methyl sites for hydroxylation is 2. The molecule has 1 aromatic carbocycles. The molecule has 3 rings (SSSR count). The average molecular weight is 353 g/mol. The van der Waals surface area contributed by atoms with Gasteiger partial charge in [0, 0.05) is 30.7 Å². The topological polar surface area (TPSA) is 53.2 Å². The summed E-state index contributed by atoms with van der Waals surface area (Å²) in [7, 11) is 3.43. The maximum absolute atomic E-state index is 12.7. The molecule has 6 heteroatoms. The Kier molecular flexibility index (Phi) is 3.53. The summed E-state index contributed by atoms with van der Waals surface area (Å²) in [6.07, 6.45) is 0.514. The molecule has 1 fully saturated rings. The third kappa shape index (κ3) is 2.17. The molecule has 2 aromatic rings. The number of carbonyl (C=O) groups is 1. The van der Waals surface area contributed by atoms with Crippen LogP contribution >= 0.6 is 15.9 Å². The molecule has 0 N–H and O–H groups in total. The number of hydrogen-bond donors (Lipinski definition) is 0. The second-order valence-corrected chi connectivity index (χ2v) is 6.50. The molecule has 0 saturated carbocycles. The van der Waals surface area contributed by atoms with E-state index in [1.807, 2.05) is 13.0 Å². The van der Waals surface area contributed by atoms with Gasteiger partial charge in [-0.2, -0.15) is 0 Å². The Morgan fingerprint density at radius 2 is 1.90 bits per heavy atom. The zero-order valence-corrected chi connectivity index (χ0v) is 13.8. The average Bonchev–Trinajstić information content (AvgIpc) is 2.97. The highest BCUT2D eigenvalue weighted by Crippen LogP contribution is 2.29. The molecule has 112 valence electrons. The Morgan fingerprint density at radius 1 is 1.29 bits per heavy atom. The van der Waals surface area contributed by atoms with Crippen LogP contribution in [0.15, 0.2) is 21.4 Å². The van der Waals surface area contributed by atoms with E-state index in [1.54, 1.807) is 29.3 Å². The van der Waals surface area contributed by atoms with E-state index in [0.717, 1.165) is 17.5 Å². The number of imidazole rings is 1. The summed E-state index contributed by atoms with van der Waals surface area (Å²) in [6, 6.07) is 3.60. The molecule has 1 aliphatic heterocycles. The monoisotopic (exact) mass is 352 g/mol. The molecule has 0 amide bonds. The number of nitrogens with zero attached hydrogens (tertiary/aromatic N) is 2. The Bertz CT molecular complexity index is 790. The van der Waals surface area contributed by atoms with Gasteiger partial charge < -0.3 is 4.74 Å². The van der Waals surface area contributed by atoms with Crippen LogP contribution in [0, 0.1) is 5.92 Å². The van der Waals surface area contributed by atoms with Crippen LogP contribution in [0.4, 0.5) is 0 Å². The quantitative estimate of drug-likeness (QED) is 0.779. The molecule has 1 aliphatic rings. The van der Waals surface area contributed by atoms with Crippen LogP contribution in [0.3, 0.4) is 0 Å². The molecule has 1 aromatic heterocycles. The number of benzene rings is 1. The largest absolute Gasteiger partial charge is 0.370 e. The number of rotatable bonds is 2. The van der Waals surface area contributed by atoms with E-state index in [2.05, 4.69) is 15.9 Å². The van der Waals surface area contributed by atoms with Gasteiger partial charge in [0.15, 0.2) is 5.78 Å². The fraction of sp³-hybridized carbons (Fsp3) is 0.467. The second-order valence-electron chi connectivity index (χ2n) is 5.64. The minimum absolute atomic E-state index is 0.0231. The van der Waals surface area contributed by atoms with Crippen molar-refractivity contribution in [1.29, 1.82) is 0 Å². The smallest absolute Gasteiger partial charge is 0.328 e. The summed E-state index contributed by atoms with van der Waals surface area (Å²) in [4.78, 5) is 24.7. The van der Waals surface area contributed by atoms with Gasteiger partial charge in [-0.1, -0.05) is 6.92 Å². The van der Waals surface area contributed by atoms with Crippen LogP contribution in [0.1, 0.15) is 23.7 Å². The summed E-state index contributed by atoms with van der Waals surface area (Å²) >= 11 is 3.45. The third-order valence-corrected chi connectivity index (χ3v) is 4.93. The fourth-order valence-corrected chi connectivity index (χ4v) is 3.42. The van der Waals surface area contributed by atoms with Gasteiger partial charge in [-0.15, -0.1) is 0 Å². The van der Waals surface area contributed by atoms with E-state index >= 15 is 0 Å². The maximum atomic E-state index is 12.7. The number of ketones is 1. The van der Waals surface area contributed by atoms with Crippen molar-refractivity contribution in [3.63, 3.8) is 0 Å². The molecule has 2 heterocycles. The lowest BCUT2D eigenvalue weighted by atomic mass is 9.96. The van der Waals surface area contributed by atoms with Crippen molar-refractivity contribution in [3.05, 3.63) is 32.7 Å². The SMILES string of the molecule is CC1CCOC1C(=O)c1cc2c(cc1Br)n(C)c(=O)n2C. The standard InChI is InChI=1S/C15H17BrN2O3/c1-8-4-5-21-14(8)13(19)9-6-11-12(7-10(9)16)18(3)15(20)17(11)2/h6-8,14H,4-5H2,1-3H3. The first-order valence-corrected chi connectivity index (χ1v) is 7.72. The Morgan fingerprint density at radius 3 is 2.48 bits per heavy atom. The predicted molar refractivity (Wildman–Crippen MR) is 83.7 cm³/mol. The van der Waals surface area contributed by atoms with Crippen molar-refractivity contribution in [2.75, 3.05) is 6.61 Å². The highest BCUT2D eigenvalue weighted by atomic mass is 79.9. The molecule has 1 saturated heterocycles. The van der Waals surface area contributed by atoms with Gasteiger partial charge in [-0.3, -0.25) is 13.9 Å². The van der Waals surface area contributed by atoms with Crippen molar-refractivity contribution in [2.24, 2.45) is 20.0 Å². The lowest BCUT2D eigenvalue weighted by molar-refractivity contribution is 0.0579. The number of fused-ring (bicyclic) bond motifs is 1. The van der Waals surface area contributed by atoms with Crippen molar-refractivity contribution >= 4 is 32.7 Å². The van der Waals surface area contributed by atoms with E-state index in [1.165, 1.54) is 0 Å². The molecule has 0 radical (unpaired) electrons. The van der Waals surface area contributed by atoms with Crippen LogP contribution in [0.2, 0.25) is 0 Å². The molecule has 2 unspecified atom stereocenters. The third-order valence-electron chi connectivity index (χ3n) is 4.27. The summed E-state index contributed by atoms with van der Waals surface area (Å²) in [5.74, 6) is 0.199. The van der Waals surface area contributed by atoms with E-state index in [4.69, 9.17) is 4.74 Å². The van der Waals surface area contributed by atoms with E-state index < -0.39 is 0 Å². The molecular formula is C15H17BrN2O3. The molecular weight excluding hydrogens is 336 g/mol. The van der Waals surface area contributed by atoms with Crippen molar-refractivity contribution in [1.82, 2.24) is 9.13 Å². The Labute approximate surface area is 130 Å². The van der Waals surface area contributed by atoms with Gasteiger partial charge in [0.25, 0.3) is 0 Å². The zero-order valence-electron chi connectivity index (χ0n) is 12.2. The maximum Gasteiger partial charge on any atom is 0.328 e. The number of Topliss-reactive ketones (excluding diaryl/α,β-unsaturated/α-hetero) is 1. The Balaban J connectivity index is 2.15. The molecule has 0 spiro atoms. The molecule has 21 heavy (non-hydrogen) atoms. The Hall–Kier alpha value is -1.40. The molecule has 2 atom stereocenters. The van der Waals surface area contributed by atoms with Crippen molar-refractivity contribution in [2.45, 2.75) is 19.4 Å².